The van der Waals surface area contributed by atoms with Crippen molar-refractivity contribution in [1.29, 1.82) is 0 Å². The highest BCUT2D eigenvalue weighted by Crippen LogP contribution is 2.25. The van der Waals surface area contributed by atoms with Gasteiger partial charge < -0.3 is 16.0 Å². The van der Waals surface area contributed by atoms with E-state index in [2.05, 4.69) is 29.6 Å². The van der Waals surface area contributed by atoms with E-state index < -0.39 is 6.04 Å². The smallest absolute Gasteiger partial charge is 0.240 e. The van der Waals surface area contributed by atoms with Crippen LogP contribution in [0.5, 0.6) is 0 Å². The number of amides is 1. The second-order valence-corrected chi connectivity index (χ2v) is 7.83. The Hall–Kier alpha value is -2.82. The van der Waals surface area contributed by atoms with Crippen LogP contribution in [0.1, 0.15) is 22.3 Å². The van der Waals surface area contributed by atoms with E-state index in [1.165, 1.54) is 16.7 Å². The Morgan fingerprint density at radius 2 is 1.66 bits per heavy atom. The van der Waals surface area contributed by atoms with Gasteiger partial charge in [-0.15, -0.1) is 0 Å². The molecule has 1 aliphatic rings. The zero-order valence-electron chi connectivity index (χ0n) is 16.1. The average molecular weight is 406 g/mol. The van der Waals surface area contributed by atoms with Gasteiger partial charge in [0.15, 0.2) is 0 Å². The van der Waals surface area contributed by atoms with Gasteiger partial charge in [-0.25, -0.2) is 0 Å². The Morgan fingerprint density at radius 1 is 1.00 bits per heavy atom. The van der Waals surface area contributed by atoms with E-state index in [4.69, 9.17) is 17.3 Å². The summed E-state index contributed by atoms with van der Waals surface area (Å²) in [7, 11) is 0. The molecule has 29 heavy (non-hydrogen) atoms. The van der Waals surface area contributed by atoms with Crippen molar-refractivity contribution in [3.05, 3.63) is 100 Å². The maximum atomic E-state index is 12.8. The van der Waals surface area contributed by atoms with Crippen LogP contribution in [-0.2, 0) is 30.8 Å². The van der Waals surface area contributed by atoms with Crippen molar-refractivity contribution in [2.45, 2.75) is 32.1 Å². The average Bonchev–Trinajstić information content (AvgIpc) is 3.18. The van der Waals surface area contributed by atoms with E-state index >= 15 is 0 Å². The van der Waals surface area contributed by atoms with Gasteiger partial charge in [0.2, 0.25) is 5.91 Å². The van der Waals surface area contributed by atoms with Crippen LogP contribution in [0.15, 0.2) is 72.8 Å². The maximum Gasteiger partial charge on any atom is 0.240 e. The highest BCUT2D eigenvalue weighted by molar-refractivity contribution is 6.31. The van der Waals surface area contributed by atoms with Gasteiger partial charge in [0, 0.05) is 30.3 Å². The standard InChI is InChI=1S/C24H24ClN3O/c25-22-13-21(27-14-17-6-2-1-3-7-17)11-10-18(22)12-23(26)24(29)28-15-19-8-4-5-9-20(19)16-28/h1-11,13,23,27H,12,14-16,26H2. The molecule has 148 valence electrons. The van der Waals surface area contributed by atoms with E-state index in [-0.39, 0.29) is 5.91 Å². The van der Waals surface area contributed by atoms with Gasteiger partial charge >= 0.3 is 0 Å². The fourth-order valence-corrected chi connectivity index (χ4v) is 3.93. The molecule has 0 aromatic heterocycles. The molecular formula is C24H24ClN3O. The first-order chi connectivity index (χ1) is 14.1. The summed E-state index contributed by atoms with van der Waals surface area (Å²) >= 11 is 6.47. The molecular weight excluding hydrogens is 382 g/mol. The predicted molar refractivity (Wildman–Crippen MR) is 118 cm³/mol. The van der Waals surface area contributed by atoms with E-state index in [9.17, 15) is 4.79 Å². The molecule has 0 spiro atoms. The van der Waals surface area contributed by atoms with Gasteiger partial charge in [-0.2, -0.15) is 0 Å². The number of hydrogen-bond donors (Lipinski definition) is 2. The highest BCUT2D eigenvalue weighted by atomic mass is 35.5. The third-order valence-electron chi connectivity index (χ3n) is 5.30. The molecule has 0 saturated carbocycles. The van der Waals surface area contributed by atoms with Crippen LogP contribution in [0.25, 0.3) is 0 Å². The van der Waals surface area contributed by atoms with E-state index in [1.54, 1.807) is 0 Å². The molecule has 1 amide bonds. The number of carbonyl (C=O) groups is 1. The summed E-state index contributed by atoms with van der Waals surface area (Å²) in [6.07, 6.45) is 0.420. The van der Waals surface area contributed by atoms with Gasteiger partial charge in [0.1, 0.15) is 0 Å². The quantitative estimate of drug-likeness (QED) is 0.640. The van der Waals surface area contributed by atoms with E-state index in [1.807, 2.05) is 53.4 Å². The second kappa shape index (κ2) is 8.68. The Labute approximate surface area is 176 Å². The lowest BCUT2D eigenvalue weighted by Crippen LogP contribution is -2.42. The van der Waals surface area contributed by atoms with Gasteiger partial charge in [-0.05, 0) is 40.8 Å². The van der Waals surface area contributed by atoms with Crippen molar-refractivity contribution < 1.29 is 4.79 Å². The second-order valence-electron chi connectivity index (χ2n) is 7.42. The van der Waals surface area contributed by atoms with Gasteiger partial charge in [-0.3, -0.25) is 4.79 Å². The van der Waals surface area contributed by atoms with Crippen molar-refractivity contribution in [3.63, 3.8) is 0 Å². The highest BCUT2D eigenvalue weighted by Gasteiger charge is 2.27. The van der Waals surface area contributed by atoms with Crippen molar-refractivity contribution in [2.24, 2.45) is 5.73 Å². The van der Waals surface area contributed by atoms with Crippen LogP contribution in [-0.4, -0.2) is 16.8 Å². The summed E-state index contributed by atoms with van der Waals surface area (Å²) < 4.78 is 0. The molecule has 0 fully saturated rings. The molecule has 0 bridgehead atoms. The van der Waals surface area contributed by atoms with E-state index in [0.29, 0.717) is 24.5 Å². The summed E-state index contributed by atoms with van der Waals surface area (Å²) in [5, 5.41) is 3.99. The van der Waals surface area contributed by atoms with Crippen LogP contribution >= 0.6 is 11.6 Å². The number of fused-ring (bicyclic) bond motifs is 1. The lowest BCUT2D eigenvalue weighted by Gasteiger charge is -2.21. The minimum Gasteiger partial charge on any atom is -0.381 e. The number of nitrogens with zero attached hydrogens (tertiary/aromatic N) is 1. The van der Waals surface area contributed by atoms with Gasteiger partial charge in [-0.1, -0.05) is 72.3 Å². The van der Waals surface area contributed by atoms with Crippen molar-refractivity contribution >= 4 is 23.2 Å². The molecule has 4 rings (SSSR count). The molecule has 0 saturated heterocycles. The molecule has 1 heterocycles. The van der Waals surface area contributed by atoms with Gasteiger partial charge in [0.05, 0.1) is 6.04 Å². The third-order valence-corrected chi connectivity index (χ3v) is 5.65. The Balaban J connectivity index is 1.36. The van der Waals surface area contributed by atoms with E-state index in [0.717, 1.165) is 17.8 Å². The molecule has 3 aromatic rings. The molecule has 0 aliphatic carbocycles. The summed E-state index contributed by atoms with van der Waals surface area (Å²) in [4.78, 5) is 14.6. The van der Waals surface area contributed by atoms with Crippen molar-refractivity contribution in [2.75, 3.05) is 5.32 Å². The predicted octanol–water partition coefficient (Wildman–Crippen LogP) is 4.36. The minimum absolute atomic E-state index is 0.0384. The monoisotopic (exact) mass is 405 g/mol. The zero-order chi connectivity index (χ0) is 20.2. The molecule has 1 unspecified atom stereocenters. The molecule has 5 heteroatoms. The summed E-state index contributed by atoms with van der Waals surface area (Å²) in [6.45, 7) is 1.97. The fraction of sp³-hybridized carbons (Fsp3) is 0.208. The van der Waals surface area contributed by atoms with Gasteiger partial charge in [0.25, 0.3) is 0 Å². The summed E-state index contributed by atoms with van der Waals surface area (Å²) in [6, 6.07) is 23.5. The largest absolute Gasteiger partial charge is 0.381 e. The number of rotatable bonds is 6. The van der Waals surface area contributed by atoms with Crippen molar-refractivity contribution in [1.82, 2.24) is 4.90 Å². The Kier molecular flexibility index (Phi) is 5.84. The maximum absolute atomic E-state index is 12.8. The summed E-state index contributed by atoms with van der Waals surface area (Å²) in [5.74, 6) is -0.0384. The zero-order valence-corrected chi connectivity index (χ0v) is 16.9. The van der Waals surface area contributed by atoms with Crippen molar-refractivity contribution in [3.8, 4) is 0 Å². The molecule has 0 radical (unpaired) electrons. The van der Waals surface area contributed by atoms with Crippen LogP contribution in [0, 0.1) is 0 Å². The number of carbonyl (C=O) groups excluding carboxylic acids is 1. The number of benzene rings is 3. The molecule has 1 aliphatic heterocycles. The number of nitrogens with two attached hydrogens (primary N) is 1. The normalized spacial score (nSPS) is 13.8. The molecule has 4 nitrogen and oxygen atoms in total. The number of nitrogens with one attached hydrogen (secondary N) is 1. The first kappa shape index (κ1) is 19.5. The van der Waals surface area contributed by atoms with Crippen LogP contribution in [0.4, 0.5) is 5.69 Å². The molecule has 3 aromatic carbocycles. The van der Waals surface area contributed by atoms with Crippen LogP contribution in [0.2, 0.25) is 5.02 Å². The molecule has 3 N–H and O–H groups in total. The van der Waals surface area contributed by atoms with Crippen LogP contribution in [0.3, 0.4) is 0 Å². The topological polar surface area (TPSA) is 58.4 Å². The summed E-state index contributed by atoms with van der Waals surface area (Å²) in [5.41, 5.74) is 11.7. The fourth-order valence-electron chi connectivity index (χ4n) is 3.67. The first-order valence-electron chi connectivity index (χ1n) is 9.77. The Bertz CT molecular complexity index is 981. The Morgan fingerprint density at radius 3 is 2.31 bits per heavy atom. The number of anilines is 1. The number of halogens is 1. The minimum atomic E-state index is -0.607. The first-order valence-corrected chi connectivity index (χ1v) is 10.2. The third kappa shape index (κ3) is 4.61. The lowest BCUT2D eigenvalue weighted by atomic mass is 10.0. The van der Waals surface area contributed by atoms with Crippen LogP contribution < -0.4 is 11.1 Å². The number of hydrogen-bond acceptors (Lipinski definition) is 3. The molecule has 1 atom stereocenters. The lowest BCUT2D eigenvalue weighted by molar-refractivity contribution is -0.133. The SMILES string of the molecule is NC(Cc1ccc(NCc2ccccc2)cc1Cl)C(=O)N1Cc2ccccc2C1.